The van der Waals surface area contributed by atoms with Crippen molar-refractivity contribution in [2.75, 3.05) is 12.4 Å². The number of pyridine rings is 1. The molecule has 3 rings (SSSR count). The normalized spacial score (nSPS) is 26.8. The van der Waals surface area contributed by atoms with E-state index in [-0.39, 0.29) is 11.4 Å². The molecule has 1 aromatic heterocycles. The molecule has 3 N–H and O–H groups in total. The van der Waals surface area contributed by atoms with Crippen LogP contribution in [0, 0.1) is 17.6 Å². The van der Waals surface area contributed by atoms with Crippen LogP contribution in [0.1, 0.15) is 39.9 Å². The van der Waals surface area contributed by atoms with E-state index in [1.807, 2.05) is 0 Å². The van der Waals surface area contributed by atoms with Crippen LogP contribution >= 0.6 is 0 Å². The SMILES string of the molecule is [2H]C([2H])([2H])Oc1c([C@H]2[C@@H](C)[C@@](C)(C(F)(F)F)O[C@H]2C(=O)Nc2ccnc(C(N)=O)c2)ccc(F)c1F. The molecule has 0 aliphatic carbocycles. The average molecular weight is 476 g/mol. The van der Waals surface area contributed by atoms with Gasteiger partial charge in [0.05, 0.1) is 11.2 Å². The number of rotatable bonds is 5. The van der Waals surface area contributed by atoms with E-state index in [2.05, 4.69) is 15.0 Å². The van der Waals surface area contributed by atoms with Gasteiger partial charge in [-0.25, -0.2) is 4.39 Å². The van der Waals surface area contributed by atoms with Crippen molar-refractivity contribution in [3.8, 4) is 5.75 Å². The van der Waals surface area contributed by atoms with E-state index in [0.29, 0.717) is 13.0 Å². The molecular weight excluding hydrogens is 453 g/mol. The van der Waals surface area contributed by atoms with Crippen molar-refractivity contribution in [1.82, 2.24) is 4.98 Å². The highest BCUT2D eigenvalue weighted by Crippen LogP contribution is 2.55. The fourth-order valence-corrected chi connectivity index (χ4v) is 3.79. The first kappa shape index (κ1) is 20.3. The van der Waals surface area contributed by atoms with Gasteiger partial charge >= 0.3 is 6.18 Å². The van der Waals surface area contributed by atoms with Crippen molar-refractivity contribution in [3.63, 3.8) is 0 Å². The fraction of sp³-hybridized carbons (Fsp3) is 0.381. The smallest absolute Gasteiger partial charge is 0.417 e. The Morgan fingerprint density at radius 1 is 1.30 bits per heavy atom. The maximum Gasteiger partial charge on any atom is 0.417 e. The van der Waals surface area contributed by atoms with Crippen molar-refractivity contribution < 1.29 is 45.1 Å². The van der Waals surface area contributed by atoms with Crippen LogP contribution in [0.4, 0.5) is 27.6 Å². The lowest BCUT2D eigenvalue weighted by Crippen LogP contribution is -2.47. The third kappa shape index (κ3) is 4.22. The molecule has 12 heteroatoms. The number of primary amides is 1. The van der Waals surface area contributed by atoms with Crippen molar-refractivity contribution in [2.24, 2.45) is 11.7 Å². The van der Waals surface area contributed by atoms with Crippen molar-refractivity contribution >= 4 is 17.5 Å². The number of nitrogens with zero attached hydrogens (tertiary/aromatic N) is 1. The van der Waals surface area contributed by atoms with Crippen LogP contribution in [0.3, 0.4) is 0 Å². The molecule has 178 valence electrons. The molecule has 0 spiro atoms. The number of benzene rings is 1. The molecule has 2 amide bonds. The van der Waals surface area contributed by atoms with Gasteiger partial charge in [0.15, 0.2) is 17.2 Å². The van der Waals surface area contributed by atoms with E-state index >= 15 is 0 Å². The van der Waals surface area contributed by atoms with Crippen LogP contribution in [0.5, 0.6) is 5.75 Å². The Kier molecular flexibility index (Phi) is 5.29. The number of aromatic nitrogens is 1. The Morgan fingerprint density at radius 2 is 2.00 bits per heavy atom. The molecule has 33 heavy (non-hydrogen) atoms. The first-order chi connectivity index (χ1) is 16.5. The molecule has 1 aliphatic heterocycles. The monoisotopic (exact) mass is 476 g/mol. The summed E-state index contributed by atoms with van der Waals surface area (Å²) in [7, 11) is -3.29. The number of nitrogens with one attached hydrogen (secondary N) is 1. The number of carbonyl (C=O) groups is 2. The molecule has 1 aromatic carbocycles. The molecule has 2 heterocycles. The predicted molar refractivity (Wildman–Crippen MR) is 106 cm³/mol. The van der Waals surface area contributed by atoms with Crippen LogP contribution in [0.2, 0.25) is 0 Å². The Labute approximate surface area is 189 Å². The molecule has 0 unspecified atom stereocenters. The van der Waals surface area contributed by atoms with Crippen molar-refractivity contribution in [3.05, 3.63) is 53.4 Å². The van der Waals surface area contributed by atoms with Crippen LogP contribution in [0.15, 0.2) is 30.5 Å². The highest BCUT2D eigenvalue weighted by molar-refractivity contribution is 5.97. The van der Waals surface area contributed by atoms with Crippen molar-refractivity contribution in [2.45, 2.75) is 37.6 Å². The minimum absolute atomic E-state index is 0.0660. The molecular formula is C21H20F5N3O4. The number of carbonyl (C=O) groups excluding carboxylic acids is 2. The summed E-state index contributed by atoms with van der Waals surface area (Å²) < 4.78 is 102. The number of methoxy groups -OCH3 is 1. The zero-order valence-corrected chi connectivity index (χ0v) is 17.2. The zero-order chi connectivity index (χ0) is 27.2. The van der Waals surface area contributed by atoms with Gasteiger partial charge in [-0.15, -0.1) is 0 Å². The lowest BCUT2D eigenvalue weighted by molar-refractivity contribution is -0.272. The summed E-state index contributed by atoms with van der Waals surface area (Å²) in [6.45, 7) is 1.75. The second kappa shape index (κ2) is 8.58. The van der Waals surface area contributed by atoms with Gasteiger partial charge in [-0.1, -0.05) is 13.0 Å². The summed E-state index contributed by atoms with van der Waals surface area (Å²) in [6, 6.07) is 3.70. The van der Waals surface area contributed by atoms with Gasteiger partial charge in [-0.05, 0) is 25.1 Å². The molecule has 1 aliphatic rings. The highest BCUT2D eigenvalue weighted by atomic mass is 19.4. The topological polar surface area (TPSA) is 104 Å². The average Bonchev–Trinajstić information content (AvgIpc) is 3.03. The number of halogens is 5. The number of hydrogen-bond donors (Lipinski definition) is 2. The number of hydrogen-bond acceptors (Lipinski definition) is 5. The second-order valence-electron chi connectivity index (χ2n) is 7.62. The molecule has 7 nitrogen and oxygen atoms in total. The lowest BCUT2D eigenvalue weighted by Gasteiger charge is -2.32. The van der Waals surface area contributed by atoms with Gasteiger partial charge in [0, 0.05) is 29.3 Å². The highest BCUT2D eigenvalue weighted by Gasteiger charge is 2.65. The lowest BCUT2D eigenvalue weighted by atomic mass is 9.77. The summed E-state index contributed by atoms with van der Waals surface area (Å²) in [6.07, 6.45) is -5.87. The molecule has 4 atom stereocenters. The Bertz CT molecular complexity index is 1190. The van der Waals surface area contributed by atoms with Crippen LogP contribution in [-0.4, -0.2) is 41.7 Å². The molecule has 0 bridgehead atoms. The van der Waals surface area contributed by atoms with Crippen LogP contribution in [-0.2, 0) is 9.53 Å². The molecule has 0 radical (unpaired) electrons. The minimum Gasteiger partial charge on any atom is -0.493 e. The number of anilines is 1. The summed E-state index contributed by atoms with van der Waals surface area (Å²) in [5.41, 5.74) is 1.36. The first-order valence-electron chi connectivity index (χ1n) is 10.9. The number of alkyl halides is 3. The van der Waals surface area contributed by atoms with Gasteiger partial charge in [0.1, 0.15) is 11.8 Å². The van der Waals surface area contributed by atoms with Gasteiger partial charge in [0.2, 0.25) is 5.82 Å². The maximum atomic E-state index is 14.6. The van der Waals surface area contributed by atoms with E-state index in [1.165, 1.54) is 6.07 Å². The van der Waals surface area contributed by atoms with E-state index in [1.54, 1.807) is 0 Å². The largest absolute Gasteiger partial charge is 0.493 e. The van der Waals surface area contributed by atoms with Crippen LogP contribution in [0.25, 0.3) is 0 Å². The fourth-order valence-electron chi connectivity index (χ4n) is 3.79. The molecule has 1 fully saturated rings. The van der Waals surface area contributed by atoms with E-state index < -0.39 is 71.5 Å². The third-order valence-electron chi connectivity index (χ3n) is 5.75. The zero-order valence-electron chi connectivity index (χ0n) is 20.2. The van der Waals surface area contributed by atoms with E-state index in [9.17, 15) is 31.5 Å². The van der Waals surface area contributed by atoms with Gasteiger partial charge < -0.3 is 20.5 Å². The standard InChI is InChI=1S/C21H20F5N3O4/c1-9-14(11-4-5-12(22)15(23)16(11)32-3)17(33-20(9,2)21(24,25)26)19(31)29-10-6-7-28-13(8-10)18(27)30/h4-9,14,17H,1-3H3,(H2,27,30)(H,28,29,31)/t9-,14-,17-,20+/m1/s1/i3D3. The maximum absolute atomic E-state index is 14.6. The van der Waals surface area contributed by atoms with E-state index in [0.717, 1.165) is 25.3 Å². The quantitative estimate of drug-likeness (QED) is 0.643. The summed E-state index contributed by atoms with van der Waals surface area (Å²) in [5, 5.41) is 2.28. The summed E-state index contributed by atoms with van der Waals surface area (Å²) in [5.74, 6) is -9.76. The first-order valence-corrected chi connectivity index (χ1v) is 9.44. The summed E-state index contributed by atoms with van der Waals surface area (Å²) >= 11 is 0. The van der Waals surface area contributed by atoms with Gasteiger partial charge in [-0.3, -0.25) is 14.6 Å². The number of amides is 2. The Hall–Kier alpha value is -3.28. The van der Waals surface area contributed by atoms with Gasteiger partial charge in [0.25, 0.3) is 11.8 Å². The number of nitrogens with two attached hydrogens (primary N) is 1. The second-order valence-corrected chi connectivity index (χ2v) is 7.62. The molecule has 0 saturated carbocycles. The minimum atomic E-state index is -5.01. The molecule has 2 aromatic rings. The van der Waals surface area contributed by atoms with E-state index in [4.69, 9.17) is 14.6 Å². The molecule has 1 saturated heterocycles. The number of ether oxygens (including phenoxy) is 2. The third-order valence-corrected chi connectivity index (χ3v) is 5.75. The van der Waals surface area contributed by atoms with Gasteiger partial charge in [-0.2, -0.15) is 17.6 Å². The Balaban J connectivity index is 2.12. The predicted octanol–water partition coefficient (Wildman–Crippen LogP) is 3.55. The van der Waals surface area contributed by atoms with Crippen LogP contribution < -0.4 is 15.8 Å². The van der Waals surface area contributed by atoms with Crippen molar-refractivity contribution in [1.29, 1.82) is 0 Å². The Morgan fingerprint density at radius 3 is 2.61 bits per heavy atom. The summed E-state index contributed by atoms with van der Waals surface area (Å²) in [4.78, 5) is 28.2.